The normalized spacial score (nSPS) is 13.4. The molecule has 1 aliphatic rings. The van der Waals surface area contributed by atoms with E-state index in [9.17, 15) is 4.79 Å². The summed E-state index contributed by atoms with van der Waals surface area (Å²) in [6.07, 6.45) is 7.39. The monoisotopic (exact) mass is 305 g/mol. The van der Waals surface area contributed by atoms with E-state index in [-0.39, 0.29) is 6.61 Å². The van der Waals surface area contributed by atoms with Gasteiger partial charge in [-0.25, -0.2) is 0 Å². The maximum Gasteiger partial charge on any atom is 0.222 e. The maximum absolute atomic E-state index is 10.5. The molecule has 1 heterocycles. The van der Waals surface area contributed by atoms with Crippen molar-refractivity contribution in [3.63, 3.8) is 0 Å². The summed E-state index contributed by atoms with van der Waals surface area (Å²) in [6, 6.07) is 0. The Morgan fingerprint density at radius 1 is 1.05 bits per heavy atom. The second kappa shape index (κ2) is 19.4. The fourth-order valence-corrected chi connectivity index (χ4v) is 1.56. The summed E-state index contributed by atoms with van der Waals surface area (Å²) in [7, 11) is 1.84. The molecule has 128 valence electrons. The highest BCUT2D eigenvalue weighted by atomic mass is 16.5. The summed E-state index contributed by atoms with van der Waals surface area (Å²) in [5.74, 6) is 0.292. The number of amides is 1. The third-order valence-corrected chi connectivity index (χ3v) is 2.95. The zero-order valence-corrected chi connectivity index (χ0v) is 14.1. The number of rotatable bonds is 8. The van der Waals surface area contributed by atoms with Crippen molar-refractivity contribution in [2.24, 2.45) is 0 Å². The molecule has 21 heavy (non-hydrogen) atoms. The van der Waals surface area contributed by atoms with E-state index in [1.54, 1.807) is 4.90 Å². The third kappa shape index (κ3) is 19.4. The number of aliphatic hydroxyl groups is 2. The van der Waals surface area contributed by atoms with Gasteiger partial charge in [-0.2, -0.15) is 0 Å². The van der Waals surface area contributed by atoms with Crippen LogP contribution in [0.25, 0.3) is 0 Å². The largest absolute Gasteiger partial charge is 0.396 e. The van der Waals surface area contributed by atoms with E-state index in [0.29, 0.717) is 19.1 Å². The average Bonchev–Trinajstić information content (AvgIpc) is 2.87. The summed E-state index contributed by atoms with van der Waals surface area (Å²) in [5, 5.41) is 16.4. The maximum atomic E-state index is 10.5. The predicted octanol–water partition coefficient (Wildman–Crippen LogP) is 2.20. The van der Waals surface area contributed by atoms with Gasteiger partial charge in [-0.15, -0.1) is 0 Å². The number of aliphatic hydroxyl groups excluding tert-OH is 2. The number of nitrogens with zero attached hydrogens (tertiary/aromatic N) is 1. The summed E-state index contributed by atoms with van der Waals surface area (Å²) < 4.78 is 4.97. The zero-order chi connectivity index (χ0) is 16.3. The Labute approximate surface area is 130 Å². The molecular formula is C16H35NO4. The van der Waals surface area contributed by atoms with Gasteiger partial charge in [0.2, 0.25) is 5.91 Å². The minimum absolute atomic E-state index is 0.143. The molecule has 0 aliphatic carbocycles. The highest BCUT2D eigenvalue weighted by Crippen LogP contribution is 2.04. The molecule has 5 heteroatoms. The van der Waals surface area contributed by atoms with Crippen molar-refractivity contribution in [2.75, 3.05) is 40.0 Å². The van der Waals surface area contributed by atoms with E-state index in [4.69, 9.17) is 14.9 Å². The van der Waals surface area contributed by atoms with Gasteiger partial charge >= 0.3 is 0 Å². The molecule has 2 N–H and O–H groups in total. The lowest BCUT2D eigenvalue weighted by Crippen LogP contribution is -2.17. The Morgan fingerprint density at radius 2 is 1.71 bits per heavy atom. The van der Waals surface area contributed by atoms with Crippen LogP contribution >= 0.6 is 0 Å². The summed E-state index contributed by atoms with van der Waals surface area (Å²) >= 11 is 0. The quantitative estimate of drug-likeness (QED) is 0.675. The lowest BCUT2D eigenvalue weighted by Gasteiger charge is -2.03. The Bertz CT molecular complexity index is 202. The van der Waals surface area contributed by atoms with Crippen molar-refractivity contribution in [3.05, 3.63) is 0 Å². The lowest BCUT2D eigenvalue weighted by molar-refractivity contribution is -0.126. The SMILES string of the molecule is CCCCCO.CCCCOCCO.CN1CCCC1=O. The van der Waals surface area contributed by atoms with E-state index in [1.165, 1.54) is 6.42 Å². The number of hydrogen-bond donors (Lipinski definition) is 2. The molecule has 1 aliphatic heterocycles. The van der Waals surface area contributed by atoms with Gasteiger partial charge < -0.3 is 19.8 Å². The van der Waals surface area contributed by atoms with Crippen LogP contribution in [0.15, 0.2) is 0 Å². The van der Waals surface area contributed by atoms with Crippen LogP contribution in [0.2, 0.25) is 0 Å². The molecule has 0 aromatic carbocycles. The van der Waals surface area contributed by atoms with Crippen LogP contribution in [0.1, 0.15) is 58.8 Å². The molecule has 1 rings (SSSR count). The van der Waals surface area contributed by atoms with Crippen LogP contribution in [0.4, 0.5) is 0 Å². The molecule has 1 fully saturated rings. The van der Waals surface area contributed by atoms with E-state index < -0.39 is 0 Å². The Morgan fingerprint density at radius 3 is 2.00 bits per heavy atom. The van der Waals surface area contributed by atoms with Crippen LogP contribution in [0.3, 0.4) is 0 Å². The van der Waals surface area contributed by atoms with E-state index in [1.807, 2.05) is 7.05 Å². The molecule has 0 atom stereocenters. The van der Waals surface area contributed by atoms with Crippen LogP contribution in [0.5, 0.6) is 0 Å². The molecule has 0 unspecified atom stereocenters. The van der Waals surface area contributed by atoms with E-state index >= 15 is 0 Å². The van der Waals surface area contributed by atoms with Gasteiger partial charge in [-0.1, -0.05) is 33.1 Å². The van der Waals surface area contributed by atoms with Crippen LogP contribution in [0, 0.1) is 0 Å². The minimum atomic E-state index is 0.143. The highest BCUT2D eigenvalue weighted by molar-refractivity contribution is 5.77. The number of carbonyl (C=O) groups excluding carboxylic acids is 1. The summed E-state index contributed by atoms with van der Waals surface area (Å²) in [4.78, 5) is 12.3. The van der Waals surface area contributed by atoms with Crippen LogP contribution in [-0.4, -0.2) is 61.0 Å². The van der Waals surface area contributed by atoms with Gasteiger partial charge in [0.1, 0.15) is 0 Å². The van der Waals surface area contributed by atoms with Gasteiger partial charge in [0, 0.05) is 33.2 Å². The van der Waals surface area contributed by atoms with Crippen molar-refractivity contribution in [1.29, 1.82) is 0 Å². The molecular weight excluding hydrogens is 270 g/mol. The molecule has 0 bridgehead atoms. The van der Waals surface area contributed by atoms with Crippen molar-refractivity contribution in [2.45, 2.75) is 58.8 Å². The fourth-order valence-electron chi connectivity index (χ4n) is 1.56. The van der Waals surface area contributed by atoms with Crippen molar-refractivity contribution in [1.82, 2.24) is 4.90 Å². The first-order valence-electron chi connectivity index (χ1n) is 8.17. The Kier molecular flexibility index (Phi) is 20.9. The van der Waals surface area contributed by atoms with Crippen molar-refractivity contribution < 1.29 is 19.7 Å². The minimum Gasteiger partial charge on any atom is -0.396 e. The molecule has 0 aromatic heterocycles. The lowest BCUT2D eigenvalue weighted by atomic mass is 10.3. The van der Waals surface area contributed by atoms with Crippen LogP contribution < -0.4 is 0 Å². The second-order valence-corrected chi connectivity index (χ2v) is 5.04. The third-order valence-electron chi connectivity index (χ3n) is 2.95. The highest BCUT2D eigenvalue weighted by Gasteiger charge is 2.14. The Hall–Kier alpha value is -0.650. The smallest absolute Gasteiger partial charge is 0.222 e. The first-order valence-corrected chi connectivity index (χ1v) is 8.17. The topological polar surface area (TPSA) is 70.0 Å². The van der Waals surface area contributed by atoms with E-state index in [0.717, 1.165) is 51.7 Å². The number of unbranched alkanes of at least 4 members (excludes halogenated alkanes) is 3. The number of ether oxygens (including phenoxy) is 1. The average molecular weight is 305 g/mol. The van der Waals surface area contributed by atoms with E-state index in [2.05, 4.69) is 13.8 Å². The van der Waals surface area contributed by atoms with Crippen molar-refractivity contribution in [3.8, 4) is 0 Å². The van der Waals surface area contributed by atoms with Gasteiger partial charge in [-0.3, -0.25) is 4.79 Å². The predicted molar refractivity (Wildman–Crippen MR) is 86.3 cm³/mol. The van der Waals surface area contributed by atoms with Gasteiger partial charge in [-0.05, 0) is 19.3 Å². The van der Waals surface area contributed by atoms with Crippen molar-refractivity contribution >= 4 is 5.91 Å². The number of likely N-dealkylation sites (tertiary alicyclic amines) is 1. The molecule has 1 saturated heterocycles. The zero-order valence-electron chi connectivity index (χ0n) is 14.1. The van der Waals surface area contributed by atoms with Crippen LogP contribution in [-0.2, 0) is 9.53 Å². The molecule has 0 saturated carbocycles. The number of carbonyl (C=O) groups is 1. The molecule has 0 aromatic rings. The number of hydrogen-bond acceptors (Lipinski definition) is 4. The summed E-state index contributed by atoms with van der Waals surface area (Å²) in [5.41, 5.74) is 0. The standard InChI is InChI=1S/C6H14O2.C5H9NO.C5H12O/c1-2-3-5-8-6-4-7;1-6-4-2-3-5(6)7;1-2-3-4-5-6/h7H,2-6H2,1H3;2-4H2,1H3;6H,2-5H2,1H3. The first-order chi connectivity index (χ1) is 10.1. The fraction of sp³-hybridized carbons (Fsp3) is 0.938. The van der Waals surface area contributed by atoms with Gasteiger partial charge in [0.25, 0.3) is 0 Å². The van der Waals surface area contributed by atoms with Gasteiger partial charge in [0.15, 0.2) is 0 Å². The first kappa shape index (κ1) is 22.6. The molecule has 5 nitrogen and oxygen atoms in total. The molecule has 0 spiro atoms. The van der Waals surface area contributed by atoms with Gasteiger partial charge in [0.05, 0.1) is 13.2 Å². The summed E-state index contributed by atoms with van der Waals surface area (Å²) in [6.45, 7) is 6.96. The second-order valence-electron chi connectivity index (χ2n) is 5.04. The molecule has 0 radical (unpaired) electrons. The Balaban J connectivity index is 0. The molecule has 1 amide bonds.